The zero-order valence-corrected chi connectivity index (χ0v) is 22.5. The lowest BCUT2D eigenvalue weighted by molar-refractivity contribution is -0.118. The largest absolute Gasteiger partial charge is 0.368 e. The van der Waals surface area contributed by atoms with Crippen molar-refractivity contribution in [2.24, 2.45) is 11.1 Å². The summed E-state index contributed by atoms with van der Waals surface area (Å²) in [6, 6.07) is 8.51. The molecule has 1 aliphatic heterocycles. The van der Waals surface area contributed by atoms with Crippen molar-refractivity contribution >= 4 is 50.1 Å². The third kappa shape index (κ3) is 4.49. The summed E-state index contributed by atoms with van der Waals surface area (Å²) in [6.45, 7) is 7.47. The fourth-order valence-electron chi connectivity index (χ4n) is 5.29. The van der Waals surface area contributed by atoms with Crippen LogP contribution in [0, 0.1) is 5.41 Å². The summed E-state index contributed by atoms with van der Waals surface area (Å²) in [5.74, 6) is 0.203. The first-order valence-electron chi connectivity index (χ1n) is 11.8. The molecular weight excluding hydrogens is 530 g/mol. The number of benzene rings is 1. The second-order valence-electron chi connectivity index (χ2n) is 10.5. The van der Waals surface area contributed by atoms with Gasteiger partial charge < -0.3 is 10.6 Å². The number of fused-ring (bicyclic) bond motifs is 2. The molecule has 35 heavy (non-hydrogen) atoms. The standard InChI is InChI=1S/C24H30BrN7O2S/c1-23(2,3)35(34)30-19-16-7-5-4-6-15(16)12-24(19)8-10-31(11-9-24)22-29-20-21(27-13-17(25)28-20)32(22)14-18(26)33/h4-7,13,19,30H,8-12,14H2,1-3H3,(H2,26,33)/t19-,35-/m1/s1. The van der Waals surface area contributed by atoms with E-state index in [1.54, 1.807) is 10.8 Å². The average Bonchev–Trinajstić information content (AvgIpc) is 3.28. The van der Waals surface area contributed by atoms with Crippen LogP contribution < -0.4 is 15.4 Å². The number of amides is 1. The summed E-state index contributed by atoms with van der Waals surface area (Å²) in [7, 11) is -1.18. The van der Waals surface area contributed by atoms with Gasteiger partial charge in [0.05, 0.1) is 28.0 Å². The lowest BCUT2D eigenvalue weighted by atomic mass is 9.73. The van der Waals surface area contributed by atoms with Gasteiger partial charge in [-0.2, -0.15) is 4.98 Å². The van der Waals surface area contributed by atoms with Gasteiger partial charge in [-0.1, -0.05) is 24.3 Å². The highest BCUT2D eigenvalue weighted by Gasteiger charge is 2.49. The molecule has 11 heteroatoms. The maximum Gasteiger partial charge on any atom is 0.237 e. The molecule has 186 valence electrons. The third-order valence-electron chi connectivity index (χ3n) is 7.07. The van der Waals surface area contributed by atoms with Crippen LogP contribution in [0.2, 0.25) is 0 Å². The van der Waals surface area contributed by atoms with E-state index in [0.29, 0.717) is 21.8 Å². The van der Waals surface area contributed by atoms with Crippen molar-refractivity contribution in [3.05, 3.63) is 46.2 Å². The molecule has 5 rings (SSSR count). The number of hydrogen-bond acceptors (Lipinski definition) is 6. The van der Waals surface area contributed by atoms with Gasteiger partial charge >= 0.3 is 0 Å². The molecule has 2 aromatic heterocycles. The molecule has 1 fully saturated rings. The summed E-state index contributed by atoms with van der Waals surface area (Å²) < 4.78 is 18.6. The molecule has 1 amide bonds. The van der Waals surface area contributed by atoms with Gasteiger partial charge in [0, 0.05) is 13.1 Å². The van der Waals surface area contributed by atoms with Gasteiger partial charge in [0.25, 0.3) is 0 Å². The number of carbonyl (C=O) groups is 1. The average molecular weight is 561 g/mol. The highest BCUT2D eigenvalue weighted by atomic mass is 79.9. The smallest absolute Gasteiger partial charge is 0.237 e. The second-order valence-corrected chi connectivity index (χ2v) is 13.3. The van der Waals surface area contributed by atoms with Gasteiger partial charge in [-0.3, -0.25) is 9.36 Å². The first-order valence-corrected chi connectivity index (χ1v) is 13.7. The number of anilines is 1. The van der Waals surface area contributed by atoms with Crippen LogP contribution in [-0.2, 0) is 28.7 Å². The molecule has 3 aromatic rings. The van der Waals surface area contributed by atoms with Crippen molar-refractivity contribution in [2.45, 2.75) is 57.4 Å². The lowest BCUT2D eigenvalue weighted by Crippen LogP contribution is -2.48. The second kappa shape index (κ2) is 8.94. The Bertz CT molecular complexity index is 1310. The number of primary amides is 1. The topological polar surface area (TPSA) is 119 Å². The fraction of sp³-hybridized carbons (Fsp3) is 0.500. The lowest BCUT2D eigenvalue weighted by Gasteiger charge is -2.44. The molecule has 2 aliphatic rings. The number of rotatable bonds is 5. The van der Waals surface area contributed by atoms with Crippen LogP contribution in [0.25, 0.3) is 11.3 Å². The van der Waals surface area contributed by atoms with Crippen molar-refractivity contribution in [1.29, 1.82) is 0 Å². The van der Waals surface area contributed by atoms with E-state index in [1.807, 2.05) is 20.8 Å². The number of imidazole rings is 1. The summed E-state index contributed by atoms with van der Waals surface area (Å²) in [6.07, 6.45) is 4.33. The zero-order chi connectivity index (χ0) is 25.0. The highest BCUT2D eigenvalue weighted by molar-refractivity contribution is 9.10. The Morgan fingerprint density at radius 3 is 2.66 bits per heavy atom. The molecule has 0 saturated carbocycles. The first kappa shape index (κ1) is 24.3. The van der Waals surface area contributed by atoms with Crippen LogP contribution in [0.5, 0.6) is 0 Å². The maximum absolute atomic E-state index is 13.1. The molecule has 2 atom stereocenters. The third-order valence-corrected chi connectivity index (χ3v) is 9.01. The van der Waals surface area contributed by atoms with E-state index in [2.05, 4.69) is 59.8 Å². The number of halogens is 1. The molecule has 3 heterocycles. The van der Waals surface area contributed by atoms with Crippen LogP contribution in [0.15, 0.2) is 35.1 Å². The number of aromatic nitrogens is 4. The van der Waals surface area contributed by atoms with Crippen molar-refractivity contribution in [1.82, 2.24) is 24.2 Å². The highest BCUT2D eigenvalue weighted by Crippen LogP contribution is 2.52. The summed E-state index contributed by atoms with van der Waals surface area (Å²) in [4.78, 5) is 27.6. The summed E-state index contributed by atoms with van der Waals surface area (Å²) in [5.41, 5.74) is 9.09. The number of nitrogens with two attached hydrogens (primary N) is 1. The van der Waals surface area contributed by atoms with E-state index in [-0.39, 0.29) is 22.7 Å². The normalized spacial score (nSPS) is 20.3. The monoisotopic (exact) mass is 559 g/mol. The van der Waals surface area contributed by atoms with E-state index >= 15 is 0 Å². The molecule has 0 bridgehead atoms. The van der Waals surface area contributed by atoms with Gasteiger partial charge in [0.2, 0.25) is 11.9 Å². The van der Waals surface area contributed by atoms with Crippen molar-refractivity contribution in [3.8, 4) is 0 Å². The van der Waals surface area contributed by atoms with Gasteiger partial charge in [-0.05, 0) is 72.5 Å². The Labute approximate surface area is 215 Å². The number of nitrogens with zero attached hydrogens (tertiary/aromatic N) is 5. The molecule has 1 aliphatic carbocycles. The molecule has 0 unspecified atom stereocenters. The van der Waals surface area contributed by atoms with E-state index < -0.39 is 16.9 Å². The van der Waals surface area contributed by atoms with Crippen LogP contribution in [0.4, 0.5) is 5.95 Å². The number of hydrogen-bond donors (Lipinski definition) is 2. The zero-order valence-electron chi connectivity index (χ0n) is 20.1. The number of nitrogens with one attached hydrogen (secondary N) is 1. The van der Waals surface area contributed by atoms with Crippen LogP contribution in [0.3, 0.4) is 0 Å². The fourth-order valence-corrected chi connectivity index (χ4v) is 6.50. The van der Waals surface area contributed by atoms with Crippen LogP contribution >= 0.6 is 15.9 Å². The maximum atomic E-state index is 13.1. The molecular formula is C24H30BrN7O2S. The first-order chi connectivity index (χ1) is 16.6. The summed E-state index contributed by atoms with van der Waals surface area (Å²) >= 11 is 3.35. The van der Waals surface area contributed by atoms with Crippen LogP contribution in [0.1, 0.15) is 50.8 Å². The molecule has 1 aromatic carbocycles. The predicted molar refractivity (Wildman–Crippen MR) is 140 cm³/mol. The van der Waals surface area contributed by atoms with Gasteiger partial charge in [-0.25, -0.2) is 18.9 Å². The van der Waals surface area contributed by atoms with E-state index in [4.69, 9.17) is 10.7 Å². The molecule has 0 radical (unpaired) electrons. The van der Waals surface area contributed by atoms with Crippen molar-refractivity contribution in [2.75, 3.05) is 18.0 Å². The Morgan fingerprint density at radius 1 is 1.26 bits per heavy atom. The quantitative estimate of drug-likeness (QED) is 0.495. The Morgan fingerprint density at radius 2 is 1.97 bits per heavy atom. The van der Waals surface area contributed by atoms with Crippen LogP contribution in [-0.4, -0.2) is 47.5 Å². The number of carbonyl (C=O) groups excluding carboxylic acids is 1. The minimum Gasteiger partial charge on any atom is -0.368 e. The van der Waals surface area contributed by atoms with E-state index in [1.165, 1.54) is 11.1 Å². The van der Waals surface area contributed by atoms with E-state index in [9.17, 15) is 9.00 Å². The minimum absolute atomic E-state index is 0.00995. The number of piperidine rings is 1. The molecule has 9 nitrogen and oxygen atoms in total. The predicted octanol–water partition coefficient (Wildman–Crippen LogP) is 3.01. The Hall–Kier alpha value is -2.37. The molecule has 1 spiro atoms. The van der Waals surface area contributed by atoms with E-state index in [0.717, 1.165) is 32.4 Å². The molecule has 3 N–H and O–H groups in total. The SMILES string of the molecule is CC(C)(C)[S@@](=O)N[C@@H]1c2ccccc2CC12CCN(c1nc3nc(Br)cnc3n1CC(N)=O)CC2. The summed E-state index contributed by atoms with van der Waals surface area (Å²) in [5, 5.41) is 0. The van der Waals surface area contributed by atoms with Gasteiger partial charge in [0.15, 0.2) is 11.3 Å². The van der Waals surface area contributed by atoms with Crippen molar-refractivity contribution in [3.63, 3.8) is 0 Å². The van der Waals surface area contributed by atoms with Crippen molar-refractivity contribution < 1.29 is 9.00 Å². The Balaban J connectivity index is 1.45. The van der Waals surface area contributed by atoms with Gasteiger partial charge in [0.1, 0.15) is 11.1 Å². The minimum atomic E-state index is -1.18. The Kier molecular flexibility index (Phi) is 6.21. The molecule has 1 saturated heterocycles. The van der Waals surface area contributed by atoms with Gasteiger partial charge in [-0.15, -0.1) is 0 Å².